The fourth-order valence-electron chi connectivity index (χ4n) is 2.09. The number of hydrogen-bond acceptors (Lipinski definition) is 4. The largest absolute Gasteiger partial charge is 0.480 e. The van der Waals surface area contributed by atoms with Crippen molar-refractivity contribution in [2.45, 2.75) is 23.5 Å². The minimum Gasteiger partial charge on any atom is -0.480 e. The van der Waals surface area contributed by atoms with E-state index in [9.17, 15) is 22.7 Å². The second-order valence-corrected chi connectivity index (χ2v) is 6.66. The molecule has 0 aromatic heterocycles. The van der Waals surface area contributed by atoms with Crippen LogP contribution in [0.4, 0.5) is 4.39 Å². The molecule has 1 aliphatic heterocycles. The lowest BCUT2D eigenvalue weighted by Gasteiger charge is -2.21. The third-order valence-corrected chi connectivity index (χ3v) is 5.36. The summed E-state index contributed by atoms with van der Waals surface area (Å²) in [6.45, 7) is -0.340. The highest BCUT2D eigenvalue weighted by Gasteiger charge is 2.44. The van der Waals surface area contributed by atoms with Crippen LogP contribution in [0.3, 0.4) is 0 Å². The van der Waals surface area contributed by atoms with Crippen LogP contribution >= 0.6 is 11.6 Å². The maximum Gasteiger partial charge on any atom is 0.322 e. The van der Waals surface area contributed by atoms with E-state index >= 15 is 0 Å². The summed E-state index contributed by atoms with van der Waals surface area (Å²) in [7, 11) is -4.22. The molecule has 1 aromatic carbocycles. The molecule has 0 bridgehead atoms. The predicted octanol–water partition coefficient (Wildman–Crippen LogP) is 0.688. The number of aliphatic carboxylic acids is 1. The van der Waals surface area contributed by atoms with Gasteiger partial charge in [0.05, 0.1) is 11.1 Å². The van der Waals surface area contributed by atoms with E-state index in [1.807, 2.05) is 0 Å². The zero-order valence-electron chi connectivity index (χ0n) is 10.0. The van der Waals surface area contributed by atoms with E-state index in [0.717, 1.165) is 18.2 Å². The Morgan fingerprint density at radius 1 is 1.45 bits per heavy atom. The van der Waals surface area contributed by atoms with Gasteiger partial charge in [0.2, 0.25) is 10.0 Å². The molecule has 2 N–H and O–H groups in total. The summed E-state index contributed by atoms with van der Waals surface area (Å²) in [5, 5.41) is 18.2. The van der Waals surface area contributed by atoms with Crippen molar-refractivity contribution in [3.63, 3.8) is 0 Å². The molecule has 0 saturated carbocycles. The van der Waals surface area contributed by atoms with Crippen molar-refractivity contribution in [1.29, 1.82) is 0 Å². The minimum atomic E-state index is -4.22. The van der Waals surface area contributed by atoms with Gasteiger partial charge in [-0.1, -0.05) is 11.6 Å². The number of β-amino-alcohol motifs (C(OH)–C–C–N with tert-alkyl or cyclic N) is 1. The van der Waals surface area contributed by atoms with Gasteiger partial charge in [-0.3, -0.25) is 4.79 Å². The Morgan fingerprint density at radius 3 is 2.65 bits per heavy atom. The maximum absolute atomic E-state index is 13.0. The number of carboxylic acids is 1. The van der Waals surface area contributed by atoms with Crippen LogP contribution in [0.15, 0.2) is 23.1 Å². The lowest BCUT2D eigenvalue weighted by Crippen LogP contribution is -2.40. The Morgan fingerprint density at radius 2 is 2.10 bits per heavy atom. The average molecular weight is 324 g/mol. The van der Waals surface area contributed by atoms with Gasteiger partial charge in [0, 0.05) is 13.0 Å². The van der Waals surface area contributed by atoms with Gasteiger partial charge in [-0.2, -0.15) is 4.31 Å². The summed E-state index contributed by atoms with van der Waals surface area (Å²) in [6.07, 6.45) is -1.27. The molecule has 1 fully saturated rings. The van der Waals surface area contributed by atoms with E-state index < -0.39 is 34.0 Å². The second kappa shape index (κ2) is 5.28. The quantitative estimate of drug-likeness (QED) is 0.853. The Kier molecular flexibility index (Phi) is 4.01. The first kappa shape index (κ1) is 15.2. The van der Waals surface area contributed by atoms with Gasteiger partial charge in [0.15, 0.2) is 0 Å². The Labute approximate surface area is 119 Å². The highest BCUT2D eigenvalue weighted by molar-refractivity contribution is 7.89. The minimum absolute atomic E-state index is 0.201. The van der Waals surface area contributed by atoms with Crippen molar-refractivity contribution in [2.75, 3.05) is 6.54 Å². The highest BCUT2D eigenvalue weighted by atomic mass is 35.5. The number of aliphatic hydroxyl groups is 1. The first-order valence-corrected chi connectivity index (χ1v) is 7.43. The summed E-state index contributed by atoms with van der Waals surface area (Å²) in [5.41, 5.74) is 0. The fraction of sp³-hybridized carbons (Fsp3) is 0.364. The number of carboxylic acid groups (broad SMARTS) is 1. The van der Waals surface area contributed by atoms with Crippen molar-refractivity contribution in [3.8, 4) is 0 Å². The molecule has 0 radical (unpaired) electrons. The molecule has 1 unspecified atom stereocenters. The smallest absolute Gasteiger partial charge is 0.322 e. The van der Waals surface area contributed by atoms with E-state index in [-0.39, 0.29) is 22.9 Å². The van der Waals surface area contributed by atoms with E-state index in [1.54, 1.807) is 0 Å². The number of rotatable bonds is 3. The van der Waals surface area contributed by atoms with Gasteiger partial charge in [-0.15, -0.1) is 0 Å². The standard InChI is InChI=1S/C11H11ClFNO5S/c12-8-3-6(13)1-2-10(8)20(18,19)14-5-7(15)4-9(14)11(16)17/h1-3,7,9,15H,4-5H2,(H,16,17)/t7?,9-/m0/s1. The van der Waals surface area contributed by atoms with Crippen LogP contribution in [0.25, 0.3) is 0 Å². The Balaban J connectivity index is 2.46. The molecule has 1 aromatic rings. The maximum atomic E-state index is 13.0. The fourth-order valence-corrected chi connectivity index (χ4v) is 4.22. The van der Waals surface area contributed by atoms with E-state index in [1.165, 1.54) is 0 Å². The van der Waals surface area contributed by atoms with E-state index in [0.29, 0.717) is 4.31 Å². The van der Waals surface area contributed by atoms with Crippen LogP contribution in [-0.4, -0.2) is 47.6 Å². The second-order valence-electron chi connectivity index (χ2n) is 4.39. The molecule has 110 valence electrons. The van der Waals surface area contributed by atoms with E-state index in [2.05, 4.69) is 0 Å². The third-order valence-electron chi connectivity index (χ3n) is 3.00. The summed E-state index contributed by atoms with van der Waals surface area (Å²) in [4.78, 5) is 10.7. The number of nitrogens with zero attached hydrogens (tertiary/aromatic N) is 1. The predicted molar refractivity (Wildman–Crippen MR) is 67.3 cm³/mol. The number of benzene rings is 1. The molecule has 9 heteroatoms. The molecule has 1 heterocycles. The normalized spacial score (nSPS) is 23.9. The molecule has 0 aliphatic carbocycles. The van der Waals surface area contributed by atoms with Crippen LogP contribution in [0.1, 0.15) is 6.42 Å². The van der Waals surface area contributed by atoms with Crippen molar-refractivity contribution >= 4 is 27.6 Å². The molecule has 1 saturated heterocycles. The molecule has 6 nitrogen and oxygen atoms in total. The average Bonchev–Trinajstić information content (AvgIpc) is 2.71. The lowest BCUT2D eigenvalue weighted by atomic mass is 10.2. The number of aliphatic hydroxyl groups excluding tert-OH is 1. The molecule has 0 amide bonds. The van der Waals surface area contributed by atoms with Crippen molar-refractivity contribution in [3.05, 3.63) is 29.0 Å². The summed E-state index contributed by atoms with van der Waals surface area (Å²) in [5.74, 6) is -2.06. The highest BCUT2D eigenvalue weighted by Crippen LogP contribution is 2.30. The van der Waals surface area contributed by atoms with Crippen molar-refractivity contribution in [2.24, 2.45) is 0 Å². The van der Waals surface area contributed by atoms with Gasteiger partial charge in [0.1, 0.15) is 16.8 Å². The van der Waals surface area contributed by atoms with Gasteiger partial charge < -0.3 is 10.2 Å². The van der Waals surface area contributed by atoms with Gasteiger partial charge in [-0.25, -0.2) is 12.8 Å². The molecule has 2 atom stereocenters. The first-order valence-electron chi connectivity index (χ1n) is 5.61. The van der Waals surface area contributed by atoms with Gasteiger partial charge >= 0.3 is 5.97 Å². The number of hydrogen-bond donors (Lipinski definition) is 2. The zero-order chi connectivity index (χ0) is 15.1. The monoisotopic (exact) mass is 323 g/mol. The Hall–Kier alpha value is -1.22. The first-order chi connectivity index (χ1) is 9.23. The van der Waals surface area contributed by atoms with Crippen LogP contribution in [0, 0.1) is 5.82 Å². The van der Waals surface area contributed by atoms with Crippen molar-refractivity contribution in [1.82, 2.24) is 4.31 Å². The summed E-state index contributed by atoms with van der Waals surface area (Å²) >= 11 is 5.70. The zero-order valence-corrected chi connectivity index (χ0v) is 11.6. The van der Waals surface area contributed by atoms with Crippen LogP contribution in [0.5, 0.6) is 0 Å². The van der Waals surface area contributed by atoms with E-state index in [4.69, 9.17) is 16.7 Å². The topological polar surface area (TPSA) is 94.9 Å². The third kappa shape index (κ3) is 2.64. The summed E-state index contributed by atoms with van der Waals surface area (Å²) in [6, 6.07) is 1.35. The Bertz CT molecular complexity index is 650. The molecule has 1 aliphatic rings. The summed E-state index contributed by atoms with van der Waals surface area (Å²) < 4.78 is 38.4. The van der Waals surface area contributed by atoms with Crippen LogP contribution in [-0.2, 0) is 14.8 Å². The molecule has 2 rings (SSSR count). The number of halogens is 2. The SMILES string of the molecule is O=C(O)[C@@H]1CC(O)CN1S(=O)(=O)c1ccc(F)cc1Cl. The van der Waals surface area contributed by atoms with Crippen LogP contribution in [0.2, 0.25) is 5.02 Å². The number of carbonyl (C=O) groups is 1. The molecular formula is C11H11ClFNO5S. The lowest BCUT2D eigenvalue weighted by molar-refractivity contribution is -0.140. The van der Waals surface area contributed by atoms with Crippen molar-refractivity contribution < 1.29 is 27.8 Å². The molecule has 0 spiro atoms. The van der Waals surface area contributed by atoms with Gasteiger partial charge in [-0.05, 0) is 18.2 Å². The molecule has 20 heavy (non-hydrogen) atoms. The number of sulfonamides is 1. The van der Waals surface area contributed by atoms with Gasteiger partial charge in [0.25, 0.3) is 0 Å². The molecular weight excluding hydrogens is 313 g/mol. The van der Waals surface area contributed by atoms with Crippen LogP contribution < -0.4 is 0 Å².